The second kappa shape index (κ2) is 9.71. The highest BCUT2D eigenvalue weighted by molar-refractivity contribution is 7.26. The first-order valence-corrected chi connectivity index (χ1v) is 16.9. The molecule has 3 aromatic heterocycles. The molecule has 222 valence electrons. The maximum absolute atomic E-state index is 5.28. The van der Waals surface area contributed by atoms with Crippen LogP contribution in [0.25, 0.3) is 81.6 Å². The summed E-state index contributed by atoms with van der Waals surface area (Å²) in [6.07, 6.45) is 0. The Morgan fingerprint density at radius 1 is 0.596 bits per heavy atom. The Morgan fingerprint density at radius 2 is 1.34 bits per heavy atom. The zero-order chi connectivity index (χ0) is 31.3. The molecule has 3 nitrogen and oxygen atoms in total. The van der Waals surface area contributed by atoms with E-state index in [9.17, 15) is 0 Å². The van der Waals surface area contributed by atoms with Crippen LogP contribution in [0.3, 0.4) is 0 Å². The molecule has 4 heteroatoms. The third-order valence-electron chi connectivity index (χ3n) is 10.0. The summed E-state index contributed by atoms with van der Waals surface area (Å²) < 4.78 is 4.81. The van der Waals surface area contributed by atoms with Crippen molar-refractivity contribution < 1.29 is 0 Å². The maximum Gasteiger partial charge on any atom is 0.160 e. The van der Waals surface area contributed by atoms with Gasteiger partial charge in [-0.15, -0.1) is 11.3 Å². The highest BCUT2D eigenvalue weighted by Crippen LogP contribution is 2.53. The summed E-state index contributed by atoms with van der Waals surface area (Å²) in [6.45, 7) is 4.70. The number of nitrogens with zero attached hydrogens (tertiary/aromatic N) is 3. The molecule has 9 aromatic rings. The van der Waals surface area contributed by atoms with E-state index < -0.39 is 0 Å². The molecular formula is C43H29N3S. The van der Waals surface area contributed by atoms with Crippen molar-refractivity contribution in [3.63, 3.8) is 0 Å². The van der Waals surface area contributed by atoms with Crippen LogP contribution in [0.15, 0.2) is 140 Å². The molecule has 3 heterocycles. The van der Waals surface area contributed by atoms with E-state index >= 15 is 0 Å². The first kappa shape index (κ1) is 26.6. The number of para-hydroxylation sites is 1. The molecule has 0 bridgehead atoms. The number of thiophene rings is 1. The summed E-state index contributed by atoms with van der Waals surface area (Å²) in [5.74, 6) is 0.735. The van der Waals surface area contributed by atoms with Gasteiger partial charge < -0.3 is 4.57 Å². The van der Waals surface area contributed by atoms with Crippen LogP contribution in [-0.2, 0) is 5.41 Å². The molecule has 0 aliphatic heterocycles. The van der Waals surface area contributed by atoms with Gasteiger partial charge in [-0.1, -0.05) is 129 Å². The van der Waals surface area contributed by atoms with Gasteiger partial charge in [0.05, 0.1) is 26.9 Å². The highest BCUT2D eigenvalue weighted by Gasteiger charge is 2.37. The quantitative estimate of drug-likeness (QED) is 0.197. The number of rotatable bonds is 3. The number of aromatic nitrogens is 3. The largest absolute Gasteiger partial charge is 0.309 e. The SMILES string of the molecule is CC1(C)c2ccccc2-c2c1ccc1c3ccccc3n(-c3cccc(-c4nc(-c5ccccc5)c5sc6ccccc6c5n4)c3)c21. The lowest BCUT2D eigenvalue weighted by atomic mass is 9.82. The fraction of sp³-hybridized carbons (Fsp3) is 0.0698. The van der Waals surface area contributed by atoms with Crippen LogP contribution in [0, 0.1) is 0 Å². The molecule has 0 radical (unpaired) electrons. The fourth-order valence-corrected chi connectivity index (χ4v) is 8.96. The van der Waals surface area contributed by atoms with Crippen molar-refractivity contribution in [1.29, 1.82) is 0 Å². The normalized spacial score (nSPS) is 13.5. The predicted molar refractivity (Wildman–Crippen MR) is 198 cm³/mol. The molecule has 0 spiro atoms. The van der Waals surface area contributed by atoms with Gasteiger partial charge in [0.1, 0.15) is 0 Å². The number of fused-ring (bicyclic) bond motifs is 10. The van der Waals surface area contributed by atoms with Crippen LogP contribution < -0.4 is 0 Å². The number of hydrogen-bond donors (Lipinski definition) is 0. The molecule has 0 saturated carbocycles. The van der Waals surface area contributed by atoms with Crippen LogP contribution in [-0.4, -0.2) is 14.5 Å². The van der Waals surface area contributed by atoms with Gasteiger partial charge in [-0.25, -0.2) is 9.97 Å². The Balaban J connectivity index is 1.26. The van der Waals surface area contributed by atoms with Gasteiger partial charge >= 0.3 is 0 Å². The van der Waals surface area contributed by atoms with Gasteiger partial charge in [-0.05, 0) is 41.0 Å². The summed E-state index contributed by atoms with van der Waals surface area (Å²) in [7, 11) is 0. The van der Waals surface area contributed by atoms with Crippen LogP contribution >= 0.6 is 11.3 Å². The van der Waals surface area contributed by atoms with Gasteiger partial charge in [0.25, 0.3) is 0 Å². The standard InChI is InChI=1S/C43H29N3S/c1-43(2)33-20-9-6-18-31(33)37-34(43)24-23-30-29-17-7-10-21-35(29)46(40(30)37)28-16-12-15-27(25-28)42-44-38(26-13-4-3-5-14-26)41-39(45-42)32-19-8-11-22-36(32)47-41/h3-25H,1-2H3. The number of benzene rings is 6. The summed E-state index contributed by atoms with van der Waals surface area (Å²) in [5, 5.41) is 3.70. The minimum Gasteiger partial charge on any atom is -0.309 e. The van der Waals surface area contributed by atoms with E-state index in [1.807, 2.05) is 0 Å². The Kier molecular flexibility index (Phi) is 5.50. The Labute approximate surface area is 276 Å². The van der Waals surface area contributed by atoms with Gasteiger partial charge in [0, 0.05) is 48.7 Å². The average molecular weight is 620 g/mol. The molecule has 47 heavy (non-hydrogen) atoms. The zero-order valence-electron chi connectivity index (χ0n) is 26.0. The average Bonchev–Trinajstić information content (AvgIpc) is 3.74. The van der Waals surface area contributed by atoms with Crippen LogP contribution in [0.4, 0.5) is 0 Å². The van der Waals surface area contributed by atoms with Crippen LogP contribution in [0.1, 0.15) is 25.0 Å². The minimum atomic E-state index is -0.0797. The summed E-state index contributed by atoms with van der Waals surface area (Å²) in [6, 6.07) is 50.2. The highest BCUT2D eigenvalue weighted by atomic mass is 32.1. The summed E-state index contributed by atoms with van der Waals surface area (Å²) in [5.41, 5.74) is 13.0. The molecule has 1 aliphatic carbocycles. The molecule has 0 saturated heterocycles. The first-order valence-electron chi connectivity index (χ1n) is 16.1. The molecule has 0 atom stereocenters. The van der Waals surface area contributed by atoms with E-state index in [1.54, 1.807) is 11.3 Å². The van der Waals surface area contributed by atoms with Crippen molar-refractivity contribution >= 4 is 53.4 Å². The molecule has 1 aliphatic rings. The molecule has 0 N–H and O–H groups in total. The van der Waals surface area contributed by atoms with Gasteiger partial charge in [0.15, 0.2) is 5.82 Å². The lowest BCUT2D eigenvalue weighted by Crippen LogP contribution is -2.14. The van der Waals surface area contributed by atoms with E-state index in [-0.39, 0.29) is 5.41 Å². The van der Waals surface area contributed by atoms with Crippen molar-refractivity contribution in [2.45, 2.75) is 19.3 Å². The Hall–Kier alpha value is -5.58. The second-order valence-corrected chi connectivity index (χ2v) is 14.0. The van der Waals surface area contributed by atoms with Crippen molar-refractivity contribution in [2.24, 2.45) is 0 Å². The van der Waals surface area contributed by atoms with Gasteiger partial charge in [-0.3, -0.25) is 0 Å². The number of hydrogen-bond acceptors (Lipinski definition) is 3. The summed E-state index contributed by atoms with van der Waals surface area (Å²) in [4.78, 5) is 10.5. The molecule has 0 unspecified atom stereocenters. The third-order valence-corrected chi connectivity index (χ3v) is 11.2. The molecule has 0 amide bonds. The van der Waals surface area contributed by atoms with E-state index in [2.05, 4.69) is 158 Å². The van der Waals surface area contributed by atoms with Crippen LogP contribution in [0.5, 0.6) is 0 Å². The van der Waals surface area contributed by atoms with E-state index in [0.717, 1.165) is 38.5 Å². The smallest absolute Gasteiger partial charge is 0.160 e. The van der Waals surface area contributed by atoms with E-state index in [4.69, 9.17) is 9.97 Å². The first-order chi connectivity index (χ1) is 23.1. The summed E-state index contributed by atoms with van der Waals surface area (Å²) >= 11 is 1.77. The molecule has 6 aromatic carbocycles. The topological polar surface area (TPSA) is 30.7 Å². The van der Waals surface area contributed by atoms with Crippen molar-refractivity contribution in [1.82, 2.24) is 14.5 Å². The predicted octanol–water partition coefficient (Wildman–Crippen LogP) is 11.6. The lowest BCUT2D eigenvalue weighted by Gasteiger charge is -2.21. The molecule has 10 rings (SSSR count). The van der Waals surface area contributed by atoms with Crippen molar-refractivity contribution in [3.05, 3.63) is 151 Å². The monoisotopic (exact) mass is 619 g/mol. The van der Waals surface area contributed by atoms with Crippen LogP contribution in [0.2, 0.25) is 0 Å². The maximum atomic E-state index is 5.28. The van der Waals surface area contributed by atoms with Crippen molar-refractivity contribution in [2.75, 3.05) is 0 Å². The zero-order valence-corrected chi connectivity index (χ0v) is 26.8. The van der Waals surface area contributed by atoms with Gasteiger partial charge in [-0.2, -0.15) is 0 Å². The second-order valence-electron chi connectivity index (χ2n) is 13.0. The van der Waals surface area contributed by atoms with E-state index in [1.165, 1.54) is 54.1 Å². The third kappa shape index (κ3) is 3.73. The van der Waals surface area contributed by atoms with Crippen molar-refractivity contribution in [3.8, 4) is 39.5 Å². The lowest BCUT2D eigenvalue weighted by molar-refractivity contribution is 0.661. The fourth-order valence-electron chi connectivity index (χ4n) is 7.81. The Bertz CT molecular complexity index is 2710. The Morgan fingerprint density at radius 3 is 2.23 bits per heavy atom. The van der Waals surface area contributed by atoms with Gasteiger partial charge in [0.2, 0.25) is 0 Å². The molecule has 0 fully saturated rings. The molecular weight excluding hydrogens is 591 g/mol. The van der Waals surface area contributed by atoms with E-state index in [0.29, 0.717) is 0 Å². The minimum absolute atomic E-state index is 0.0797.